The van der Waals surface area contributed by atoms with E-state index in [0.717, 1.165) is 0 Å². The first-order valence-electron chi connectivity index (χ1n) is 9.00. The normalized spacial score (nSPS) is 12.4. The molecule has 9 nitrogen and oxygen atoms in total. The summed E-state index contributed by atoms with van der Waals surface area (Å²) < 4.78 is 17.1. The van der Waals surface area contributed by atoms with E-state index in [0.29, 0.717) is 31.1 Å². The number of aliphatic hydroxyl groups is 1. The molecular formula is C19H23N3O6. The number of methoxy groups -OCH3 is 1. The quantitative estimate of drug-likeness (QED) is 0.535. The van der Waals surface area contributed by atoms with Crippen LogP contribution < -0.4 is 10.9 Å². The van der Waals surface area contributed by atoms with Gasteiger partial charge in [0, 0.05) is 26.8 Å². The number of fused-ring (bicyclic) bond motifs is 1. The third kappa shape index (κ3) is 4.15. The van der Waals surface area contributed by atoms with Gasteiger partial charge in [-0.15, -0.1) is 0 Å². The second kappa shape index (κ2) is 8.85. The minimum atomic E-state index is -0.822. The summed E-state index contributed by atoms with van der Waals surface area (Å²) in [6.07, 6.45) is 2.98. The molecule has 9 heteroatoms. The summed E-state index contributed by atoms with van der Waals surface area (Å²) in [5.74, 6) is 0.303. The molecule has 3 aromatic rings. The fourth-order valence-corrected chi connectivity index (χ4v) is 2.98. The average molecular weight is 389 g/mol. The molecule has 0 aromatic carbocycles. The van der Waals surface area contributed by atoms with E-state index in [9.17, 15) is 14.7 Å². The number of carbonyl (C=O) groups is 1. The molecule has 0 fully saturated rings. The first-order valence-corrected chi connectivity index (χ1v) is 9.00. The Labute approximate surface area is 160 Å². The summed E-state index contributed by atoms with van der Waals surface area (Å²) in [6, 6.07) is 3.35. The van der Waals surface area contributed by atoms with Crippen molar-refractivity contribution in [3.63, 3.8) is 0 Å². The summed E-state index contributed by atoms with van der Waals surface area (Å²) >= 11 is 0. The van der Waals surface area contributed by atoms with E-state index in [2.05, 4.69) is 10.3 Å². The number of ether oxygens (including phenoxy) is 1. The molecule has 2 N–H and O–H groups in total. The number of carbonyl (C=O) groups excluding carboxylic acids is 1. The number of nitrogens with zero attached hydrogens (tertiary/aromatic N) is 2. The fourth-order valence-electron chi connectivity index (χ4n) is 2.98. The number of hydrogen-bond acceptors (Lipinski definition) is 7. The van der Waals surface area contributed by atoms with Gasteiger partial charge in [-0.2, -0.15) is 0 Å². The number of furan rings is 2. The van der Waals surface area contributed by atoms with Gasteiger partial charge in [0.1, 0.15) is 29.3 Å². The summed E-state index contributed by atoms with van der Waals surface area (Å²) in [7, 11) is 1.59. The van der Waals surface area contributed by atoms with Crippen LogP contribution in [-0.2, 0) is 11.3 Å². The Kier molecular flexibility index (Phi) is 6.27. The lowest BCUT2D eigenvalue weighted by atomic mass is 10.1. The van der Waals surface area contributed by atoms with Gasteiger partial charge in [-0.3, -0.25) is 14.2 Å². The molecule has 3 aromatic heterocycles. The summed E-state index contributed by atoms with van der Waals surface area (Å²) in [4.78, 5) is 29.6. The SMILES string of the molecule is COCCCn1cnc2oc(C)c(C(=O)NCCC(O)c3ccco3)c2c1=O. The van der Waals surface area contributed by atoms with Crippen LogP contribution in [0.1, 0.15) is 40.8 Å². The summed E-state index contributed by atoms with van der Waals surface area (Å²) in [5, 5.41) is 12.9. The van der Waals surface area contributed by atoms with Gasteiger partial charge >= 0.3 is 0 Å². The number of aryl methyl sites for hydroxylation is 2. The Morgan fingerprint density at radius 3 is 3.00 bits per heavy atom. The predicted molar refractivity (Wildman–Crippen MR) is 100 cm³/mol. The van der Waals surface area contributed by atoms with Crippen molar-refractivity contribution in [1.29, 1.82) is 0 Å². The van der Waals surface area contributed by atoms with Crippen LogP contribution in [0.3, 0.4) is 0 Å². The van der Waals surface area contributed by atoms with Crippen molar-refractivity contribution in [1.82, 2.24) is 14.9 Å². The van der Waals surface area contributed by atoms with Crippen LogP contribution in [0.4, 0.5) is 0 Å². The van der Waals surface area contributed by atoms with Crippen LogP contribution in [0, 0.1) is 6.92 Å². The lowest BCUT2D eigenvalue weighted by Gasteiger charge is -2.09. The van der Waals surface area contributed by atoms with Gasteiger partial charge in [0.05, 0.1) is 11.8 Å². The zero-order valence-corrected chi connectivity index (χ0v) is 15.8. The summed E-state index contributed by atoms with van der Waals surface area (Å²) in [5.41, 5.74) is -0.0361. The highest BCUT2D eigenvalue weighted by molar-refractivity contribution is 6.06. The van der Waals surface area contributed by atoms with E-state index < -0.39 is 12.0 Å². The average Bonchev–Trinajstić information content (AvgIpc) is 3.31. The first kappa shape index (κ1) is 19.8. The Balaban J connectivity index is 1.75. The molecule has 0 aliphatic carbocycles. The van der Waals surface area contributed by atoms with Crippen LogP contribution in [0.2, 0.25) is 0 Å². The van der Waals surface area contributed by atoms with E-state index >= 15 is 0 Å². The molecule has 0 saturated carbocycles. The molecule has 3 rings (SSSR count). The number of amides is 1. The molecule has 150 valence electrons. The molecule has 1 atom stereocenters. The molecule has 0 saturated heterocycles. The van der Waals surface area contributed by atoms with Gasteiger partial charge < -0.3 is 24.0 Å². The van der Waals surface area contributed by atoms with Crippen molar-refractivity contribution in [3.8, 4) is 0 Å². The highest BCUT2D eigenvalue weighted by Gasteiger charge is 2.23. The van der Waals surface area contributed by atoms with Crippen molar-refractivity contribution >= 4 is 17.0 Å². The van der Waals surface area contributed by atoms with Gasteiger partial charge in [0.15, 0.2) is 0 Å². The van der Waals surface area contributed by atoms with E-state index in [-0.39, 0.29) is 35.2 Å². The molecule has 0 spiro atoms. The minimum Gasteiger partial charge on any atom is -0.467 e. The van der Waals surface area contributed by atoms with E-state index in [4.69, 9.17) is 13.6 Å². The maximum atomic E-state index is 12.8. The Hall–Kier alpha value is -2.91. The third-order valence-electron chi connectivity index (χ3n) is 4.40. The van der Waals surface area contributed by atoms with Gasteiger partial charge in [-0.05, 0) is 31.9 Å². The number of rotatable bonds is 9. The van der Waals surface area contributed by atoms with E-state index in [1.807, 2.05) is 0 Å². The smallest absolute Gasteiger partial charge is 0.265 e. The Morgan fingerprint density at radius 1 is 1.46 bits per heavy atom. The largest absolute Gasteiger partial charge is 0.467 e. The molecule has 3 heterocycles. The number of nitrogens with one attached hydrogen (secondary N) is 1. The second-order valence-corrected chi connectivity index (χ2v) is 6.38. The molecule has 0 radical (unpaired) electrons. The Bertz CT molecular complexity index is 989. The van der Waals surface area contributed by atoms with Crippen LogP contribution in [0.15, 0.2) is 38.4 Å². The van der Waals surface area contributed by atoms with E-state index in [1.54, 1.807) is 26.2 Å². The zero-order chi connectivity index (χ0) is 20.1. The Morgan fingerprint density at radius 2 is 2.29 bits per heavy atom. The van der Waals surface area contributed by atoms with Crippen molar-refractivity contribution in [2.75, 3.05) is 20.3 Å². The van der Waals surface area contributed by atoms with Crippen molar-refractivity contribution in [2.45, 2.75) is 32.4 Å². The number of hydrogen-bond donors (Lipinski definition) is 2. The summed E-state index contributed by atoms with van der Waals surface area (Å²) in [6.45, 7) is 2.76. The maximum absolute atomic E-state index is 12.8. The van der Waals surface area contributed by atoms with Crippen molar-refractivity contribution in [3.05, 3.63) is 52.2 Å². The van der Waals surface area contributed by atoms with Crippen molar-refractivity contribution < 1.29 is 23.5 Å². The minimum absolute atomic E-state index is 0.131. The molecule has 1 amide bonds. The molecule has 28 heavy (non-hydrogen) atoms. The second-order valence-electron chi connectivity index (χ2n) is 6.38. The molecule has 0 aliphatic rings. The monoisotopic (exact) mass is 389 g/mol. The maximum Gasteiger partial charge on any atom is 0.265 e. The van der Waals surface area contributed by atoms with Gasteiger partial charge in [0.2, 0.25) is 5.71 Å². The van der Waals surface area contributed by atoms with Crippen molar-refractivity contribution in [2.24, 2.45) is 0 Å². The van der Waals surface area contributed by atoms with Gasteiger partial charge in [-0.1, -0.05) is 0 Å². The number of aromatic nitrogens is 2. The van der Waals surface area contributed by atoms with Gasteiger partial charge in [-0.25, -0.2) is 4.98 Å². The van der Waals surface area contributed by atoms with Crippen LogP contribution in [0.5, 0.6) is 0 Å². The van der Waals surface area contributed by atoms with Crippen LogP contribution in [0.25, 0.3) is 11.1 Å². The zero-order valence-electron chi connectivity index (χ0n) is 15.8. The standard InChI is InChI=1S/C19H23N3O6/c1-12-15(17(24)20-7-6-13(23)14-5-3-10-27-14)16-18(28-12)21-11-22(19(16)25)8-4-9-26-2/h3,5,10-11,13,23H,4,6-9H2,1-2H3,(H,20,24). The fraction of sp³-hybridized carbons (Fsp3) is 0.421. The highest BCUT2D eigenvalue weighted by atomic mass is 16.5. The topological polar surface area (TPSA) is 120 Å². The lowest BCUT2D eigenvalue weighted by Crippen LogP contribution is -2.28. The first-order chi connectivity index (χ1) is 13.5. The number of aliphatic hydroxyl groups excluding tert-OH is 1. The van der Waals surface area contributed by atoms with Crippen LogP contribution in [-0.4, -0.2) is 40.8 Å². The molecule has 0 aliphatic heterocycles. The molecule has 0 bridgehead atoms. The molecular weight excluding hydrogens is 366 g/mol. The predicted octanol–water partition coefficient (Wildman–Crippen LogP) is 1.78. The highest BCUT2D eigenvalue weighted by Crippen LogP contribution is 2.21. The third-order valence-corrected chi connectivity index (χ3v) is 4.40. The lowest BCUT2D eigenvalue weighted by molar-refractivity contribution is 0.0936. The van der Waals surface area contributed by atoms with Gasteiger partial charge in [0.25, 0.3) is 11.5 Å². The molecule has 1 unspecified atom stereocenters. The van der Waals surface area contributed by atoms with Crippen LogP contribution >= 0.6 is 0 Å². The van der Waals surface area contributed by atoms with E-state index in [1.165, 1.54) is 17.2 Å².